The maximum atomic E-state index is 11.9. The summed E-state index contributed by atoms with van der Waals surface area (Å²) >= 11 is 0. The van der Waals surface area contributed by atoms with Gasteiger partial charge < -0.3 is 19.5 Å². The van der Waals surface area contributed by atoms with Crippen LogP contribution in [0.1, 0.15) is 50.7 Å². The van der Waals surface area contributed by atoms with Gasteiger partial charge >= 0.3 is 0 Å². The minimum atomic E-state index is -0.183. The van der Waals surface area contributed by atoms with Gasteiger partial charge in [0.05, 0.1) is 18.8 Å². The van der Waals surface area contributed by atoms with Gasteiger partial charge in [-0.3, -0.25) is 4.79 Å². The highest BCUT2D eigenvalue weighted by Gasteiger charge is 2.19. The largest absolute Gasteiger partial charge is 0.493 e. The molecule has 4 aromatic rings. The Balaban J connectivity index is 1.30. The predicted molar refractivity (Wildman–Crippen MR) is 143 cm³/mol. The maximum Gasteiger partial charge on any atom is 0.258 e. The fraction of sp³-hybridized carbons (Fsp3) is 0.429. The number of hydrogen-bond acceptors (Lipinski definition) is 7. The molecule has 3 heterocycles. The first-order chi connectivity index (χ1) is 18.4. The van der Waals surface area contributed by atoms with Crippen molar-refractivity contribution < 1.29 is 19.0 Å². The molecule has 38 heavy (non-hydrogen) atoms. The average Bonchev–Trinajstić information content (AvgIpc) is 3.50. The lowest BCUT2D eigenvalue weighted by atomic mass is 10.1. The summed E-state index contributed by atoms with van der Waals surface area (Å²) in [6.45, 7) is 4.51. The lowest BCUT2D eigenvalue weighted by Gasteiger charge is -2.23. The van der Waals surface area contributed by atoms with E-state index in [-0.39, 0.29) is 24.8 Å². The molecule has 0 aliphatic carbocycles. The zero-order chi connectivity index (χ0) is 26.6. The van der Waals surface area contributed by atoms with Gasteiger partial charge in [0, 0.05) is 37.1 Å². The summed E-state index contributed by atoms with van der Waals surface area (Å²) in [6.07, 6.45) is 5.77. The van der Waals surface area contributed by atoms with E-state index in [9.17, 15) is 4.79 Å². The van der Waals surface area contributed by atoms with Gasteiger partial charge in [0.1, 0.15) is 0 Å². The Morgan fingerprint density at radius 3 is 2.82 bits per heavy atom. The minimum Gasteiger partial charge on any atom is -0.493 e. The predicted octanol–water partition coefficient (Wildman–Crippen LogP) is 4.03. The first kappa shape index (κ1) is 25.7. The fourth-order valence-electron chi connectivity index (χ4n) is 4.74. The van der Waals surface area contributed by atoms with Crippen LogP contribution >= 0.6 is 0 Å². The third-order valence-electron chi connectivity index (χ3n) is 6.49. The first-order valence-electron chi connectivity index (χ1n) is 13.0. The van der Waals surface area contributed by atoms with Gasteiger partial charge in [-0.15, -0.1) is 0 Å². The van der Waals surface area contributed by atoms with Crippen molar-refractivity contribution in [2.75, 3.05) is 20.3 Å². The summed E-state index contributed by atoms with van der Waals surface area (Å²) in [4.78, 5) is 16.7. The van der Waals surface area contributed by atoms with Crippen molar-refractivity contribution in [1.29, 1.82) is 0 Å². The van der Waals surface area contributed by atoms with Crippen molar-refractivity contribution in [3.63, 3.8) is 0 Å². The van der Waals surface area contributed by atoms with E-state index in [1.807, 2.05) is 43.9 Å². The molecule has 10 nitrogen and oxygen atoms in total. The third-order valence-corrected chi connectivity index (χ3v) is 6.49. The number of carbonyl (C=O) groups excluding carboxylic acids is 1. The van der Waals surface area contributed by atoms with Gasteiger partial charge in [-0.25, -0.2) is 14.3 Å². The number of rotatable bonds is 9. The lowest BCUT2D eigenvalue weighted by Crippen LogP contribution is -2.34. The number of methoxy groups -OCH3 is 1. The van der Waals surface area contributed by atoms with Crippen LogP contribution in [0.2, 0.25) is 0 Å². The summed E-state index contributed by atoms with van der Waals surface area (Å²) in [5.74, 6) is 2.26. The van der Waals surface area contributed by atoms with E-state index in [1.165, 1.54) is 0 Å². The van der Waals surface area contributed by atoms with E-state index < -0.39 is 0 Å². The highest BCUT2D eigenvalue weighted by molar-refractivity contribution is 5.79. The summed E-state index contributed by atoms with van der Waals surface area (Å²) in [5, 5.41) is 13.1. The highest BCUT2D eigenvalue weighted by atomic mass is 16.5. The van der Waals surface area contributed by atoms with Crippen LogP contribution in [-0.4, -0.2) is 56.8 Å². The number of ether oxygens (including phenoxy) is 3. The molecule has 0 saturated carbocycles. The molecular formula is C28H34N6O4. The van der Waals surface area contributed by atoms with Crippen molar-refractivity contribution in [3.8, 4) is 22.9 Å². The smallest absolute Gasteiger partial charge is 0.258 e. The Morgan fingerprint density at radius 2 is 2.05 bits per heavy atom. The monoisotopic (exact) mass is 518 g/mol. The summed E-state index contributed by atoms with van der Waals surface area (Å²) < 4.78 is 20.9. The van der Waals surface area contributed by atoms with Gasteiger partial charge in [-0.2, -0.15) is 10.2 Å². The quantitative estimate of drug-likeness (QED) is 0.357. The second-order valence-electron chi connectivity index (χ2n) is 9.83. The molecule has 1 unspecified atom stereocenters. The number of aromatic nitrogens is 5. The average molecular weight is 519 g/mol. The summed E-state index contributed by atoms with van der Waals surface area (Å²) in [7, 11) is 3.44. The molecule has 1 aliphatic heterocycles. The fourth-order valence-corrected chi connectivity index (χ4v) is 4.74. The van der Waals surface area contributed by atoms with Gasteiger partial charge in [0.2, 0.25) is 0 Å². The maximum absolute atomic E-state index is 11.9. The van der Waals surface area contributed by atoms with Crippen LogP contribution in [0, 0.1) is 0 Å². The molecule has 1 N–H and O–H groups in total. The van der Waals surface area contributed by atoms with Crippen LogP contribution in [0.4, 0.5) is 0 Å². The van der Waals surface area contributed by atoms with Crippen LogP contribution < -0.4 is 14.8 Å². The van der Waals surface area contributed by atoms with Crippen LogP contribution in [0.5, 0.6) is 11.5 Å². The Morgan fingerprint density at radius 1 is 1.18 bits per heavy atom. The van der Waals surface area contributed by atoms with Gasteiger partial charge in [0.15, 0.2) is 36.0 Å². The van der Waals surface area contributed by atoms with Crippen LogP contribution in [-0.2, 0) is 23.0 Å². The van der Waals surface area contributed by atoms with Gasteiger partial charge in [-0.05, 0) is 69.0 Å². The molecule has 1 saturated heterocycles. The normalized spacial score (nSPS) is 15.7. The number of amides is 1. The Labute approximate surface area is 221 Å². The zero-order valence-electron chi connectivity index (χ0n) is 22.3. The lowest BCUT2D eigenvalue weighted by molar-refractivity contribution is -0.123. The molecule has 1 fully saturated rings. The summed E-state index contributed by atoms with van der Waals surface area (Å²) in [5.41, 5.74) is 3.03. The first-order valence-corrected chi connectivity index (χ1v) is 13.0. The molecule has 5 rings (SSSR count). The van der Waals surface area contributed by atoms with E-state index in [0.29, 0.717) is 23.7 Å². The molecule has 2 aromatic carbocycles. The van der Waals surface area contributed by atoms with E-state index >= 15 is 0 Å². The SMILES string of the molecule is COc1cc(-c2nc(Cc3ccc4c(cnn4C4CCCCO4)c3)nn2C)ccc1OCC(=O)NC(C)C. The number of carbonyl (C=O) groups is 1. The number of fused-ring (bicyclic) bond motifs is 1. The highest BCUT2D eigenvalue weighted by Crippen LogP contribution is 2.32. The molecule has 0 radical (unpaired) electrons. The number of hydrogen-bond donors (Lipinski definition) is 1. The Kier molecular flexibility index (Phi) is 7.59. The molecule has 0 spiro atoms. The molecule has 0 bridgehead atoms. The molecule has 200 valence electrons. The molecular weight excluding hydrogens is 484 g/mol. The van der Waals surface area contributed by atoms with Crippen LogP contribution in [0.15, 0.2) is 42.6 Å². The topological polar surface area (TPSA) is 105 Å². The van der Waals surface area contributed by atoms with Crippen molar-refractivity contribution in [2.45, 2.75) is 51.8 Å². The number of aryl methyl sites for hydroxylation is 1. The Bertz CT molecular complexity index is 1420. The van der Waals surface area contributed by atoms with E-state index in [0.717, 1.165) is 53.7 Å². The van der Waals surface area contributed by atoms with Crippen molar-refractivity contribution in [2.24, 2.45) is 7.05 Å². The zero-order valence-corrected chi connectivity index (χ0v) is 22.3. The van der Waals surface area contributed by atoms with Crippen molar-refractivity contribution >= 4 is 16.8 Å². The minimum absolute atomic E-state index is 0.0121. The molecule has 1 atom stereocenters. The summed E-state index contributed by atoms with van der Waals surface area (Å²) in [6, 6.07) is 11.9. The van der Waals surface area contributed by atoms with Gasteiger partial charge in [-0.1, -0.05) is 6.07 Å². The standard InChI is InChI=1S/C28H34N6O4/c1-18(2)30-26(35)17-38-23-11-9-20(15-24(23)36-4)28-31-25(32-33(28)3)14-19-8-10-22-21(13-19)16-29-34(22)27-7-5-6-12-37-27/h8-11,13,15-16,18,27H,5-7,12,14,17H2,1-4H3,(H,30,35). The van der Waals surface area contributed by atoms with Crippen molar-refractivity contribution in [3.05, 3.63) is 54.0 Å². The van der Waals surface area contributed by atoms with E-state index in [1.54, 1.807) is 17.9 Å². The Hall–Kier alpha value is -3.92. The van der Waals surface area contributed by atoms with E-state index in [2.05, 4.69) is 33.7 Å². The van der Waals surface area contributed by atoms with Crippen LogP contribution in [0.3, 0.4) is 0 Å². The molecule has 1 aliphatic rings. The second-order valence-corrected chi connectivity index (χ2v) is 9.83. The third kappa shape index (κ3) is 5.65. The molecule has 1 amide bonds. The van der Waals surface area contributed by atoms with E-state index in [4.69, 9.17) is 19.2 Å². The van der Waals surface area contributed by atoms with Crippen LogP contribution in [0.25, 0.3) is 22.3 Å². The number of nitrogens with zero attached hydrogens (tertiary/aromatic N) is 5. The van der Waals surface area contributed by atoms with Gasteiger partial charge in [0.25, 0.3) is 5.91 Å². The molecule has 2 aromatic heterocycles. The number of nitrogens with one attached hydrogen (secondary N) is 1. The second kappa shape index (κ2) is 11.2. The molecule has 10 heteroatoms. The van der Waals surface area contributed by atoms with Crippen molar-refractivity contribution in [1.82, 2.24) is 29.9 Å². The number of benzene rings is 2.